The van der Waals surface area contributed by atoms with Crippen LogP contribution in [0.4, 0.5) is 5.69 Å². The number of hydrogen-bond acceptors (Lipinski definition) is 3. The maximum atomic E-state index is 12.7. The van der Waals surface area contributed by atoms with Gasteiger partial charge in [0, 0.05) is 50.5 Å². The van der Waals surface area contributed by atoms with E-state index in [9.17, 15) is 14.4 Å². The number of amides is 3. The molecule has 128 valence electrons. The first-order valence-corrected chi connectivity index (χ1v) is 8.86. The van der Waals surface area contributed by atoms with E-state index in [0.29, 0.717) is 32.7 Å². The largest absolute Gasteiger partial charge is 0.339 e. The number of rotatable bonds is 2. The summed E-state index contributed by atoms with van der Waals surface area (Å²) < 4.78 is 0.849. The van der Waals surface area contributed by atoms with Crippen molar-refractivity contribution in [3.05, 3.63) is 28.7 Å². The quantitative estimate of drug-likeness (QED) is 0.764. The summed E-state index contributed by atoms with van der Waals surface area (Å²) in [4.78, 5) is 41.6. The summed E-state index contributed by atoms with van der Waals surface area (Å²) in [7, 11) is 0. The van der Waals surface area contributed by atoms with Crippen LogP contribution < -0.4 is 4.90 Å². The van der Waals surface area contributed by atoms with E-state index in [2.05, 4.69) is 15.9 Å². The third-order valence-corrected chi connectivity index (χ3v) is 5.32. The molecule has 0 aliphatic carbocycles. The molecule has 0 spiro atoms. The number of para-hydroxylation sites is 1. The van der Waals surface area contributed by atoms with Crippen LogP contribution in [0.25, 0.3) is 0 Å². The molecule has 1 atom stereocenters. The molecule has 3 amide bonds. The van der Waals surface area contributed by atoms with Gasteiger partial charge < -0.3 is 14.7 Å². The van der Waals surface area contributed by atoms with Gasteiger partial charge in [0.15, 0.2) is 0 Å². The number of piperazine rings is 1. The smallest absolute Gasteiger partial charge is 0.228 e. The molecule has 2 heterocycles. The Hall–Kier alpha value is -1.89. The Balaban J connectivity index is 1.65. The molecule has 6 nitrogen and oxygen atoms in total. The van der Waals surface area contributed by atoms with Crippen molar-refractivity contribution in [1.82, 2.24) is 9.80 Å². The Morgan fingerprint density at radius 3 is 2.33 bits per heavy atom. The van der Waals surface area contributed by atoms with E-state index in [1.54, 1.807) is 21.6 Å². The Morgan fingerprint density at radius 2 is 1.71 bits per heavy atom. The first-order valence-electron chi connectivity index (χ1n) is 8.06. The third-order valence-electron chi connectivity index (χ3n) is 4.65. The monoisotopic (exact) mass is 393 g/mol. The van der Waals surface area contributed by atoms with Crippen molar-refractivity contribution >= 4 is 39.3 Å². The van der Waals surface area contributed by atoms with Crippen LogP contribution in [0.2, 0.25) is 0 Å². The number of carbonyl (C=O) groups is 3. The van der Waals surface area contributed by atoms with E-state index < -0.39 is 0 Å². The van der Waals surface area contributed by atoms with Crippen molar-refractivity contribution in [2.75, 3.05) is 37.6 Å². The lowest BCUT2D eigenvalue weighted by Crippen LogP contribution is -2.51. The van der Waals surface area contributed by atoms with Gasteiger partial charge in [0.25, 0.3) is 0 Å². The molecule has 1 aromatic carbocycles. The summed E-state index contributed by atoms with van der Waals surface area (Å²) >= 11 is 3.46. The summed E-state index contributed by atoms with van der Waals surface area (Å²) in [5.74, 6) is -0.282. The molecule has 3 rings (SSSR count). The number of nitrogens with zero attached hydrogens (tertiary/aromatic N) is 3. The van der Waals surface area contributed by atoms with Crippen LogP contribution in [0.1, 0.15) is 13.3 Å². The molecule has 0 saturated carbocycles. The van der Waals surface area contributed by atoms with Gasteiger partial charge in [-0.2, -0.15) is 0 Å². The summed E-state index contributed by atoms with van der Waals surface area (Å²) in [6.07, 6.45) is 0.243. The fourth-order valence-corrected chi connectivity index (χ4v) is 3.78. The number of benzene rings is 1. The summed E-state index contributed by atoms with van der Waals surface area (Å²) in [6, 6.07) is 7.54. The minimum Gasteiger partial charge on any atom is -0.339 e. The molecule has 0 bridgehead atoms. The average molecular weight is 394 g/mol. The van der Waals surface area contributed by atoms with Gasteiger partial charge in [-0.1, -0.05) is 12.1 Å². The maximum absolute atomic E-state index is 12.7. The minimum absolute atomic E-state index is 0.0149. The zero-order chi connectivity index (χ0) is 17.3. The van der Waals surface area contributed by atoms with E-state index in [-0.39, 0.29) is 30.1 Å². The molecule has 2 aliphatic heterocycles. The molecule has 1 aromatic rings. The number of hydrogen-bond donors (Lipinski definition) is 0. The summed E-state index contributed by atoms with van der Waals surface area (Å²) in [5.41, 5.74) is 0.805. The average Bonchev–Trinajstić information content (AvgIpc) is 2.96. The first kappa shape index (κ1) is 17.0. The molecule has 2 fully saturated rings. The van der Waals surface area contributed by atoms with Gasteiger partial charge >= 0.3 is 0 Å². The highest BCUT2D eigenvalue weighted by molar-refractivity contribution is 9.10. The first-order chi connectivity index (χ1) is 11.5. The highest BCUT2D eigenvalue weighted by Gasteiger charge is 2.38. The Kier molecular flexibility index (Phi) is 4.89. The topological polar surface area (TPSA) is 60.9 Å². The molecule has 0 radical (unpaired) electrons. The van der Waals surface area contributed by atoms with Crippen molar-refractivity contribution in [3.8, 4) is 0 Å². The molecule has 24 heavy (non-hydrogen) atoms. The van der Waals surface area contributed by atoms with E-state index >= 15 is 0 Å². The Morgan fingerprint density at radius 1 is 1.08 bits per heavy atom. The highest BCUT2D eigenvalue weighted by Crippen LogP contribution is 2.32. The van der Waals surface area contributed by atoms with Crippen molar-refractivity contribution < 1.29 is 14.4 Å². The van der Waals surface area contributed by atoms with Gasteiger partial charge in [-0.3, -0.25) is 14.4 Å². The lowest BCUT2D eigenvalue weighted by molar-refractivity contribution is -0.141. The van der Waals surface area contributed by atoms with Crippen LogP contribution >= 0.6 is 15.9 Å². The number of carbonyl (C=O) groups excluding carboxylic acids is 3. The zero-order valence-electron chi connectivity index (χ0n) is 13.6. The third kappa shape index (κ3) is 3.31. The molecule has 2 aliphatic rings. The van der Waals surface area contributed by atoms with Gasteiger partial charge in [0.05, 0.1) is 11.6 Å². The van der Waals surface area contributed by atoms with Crippen molar-refractivity contribution in [1.29, 1.82) is 0 Å². The van der Waals surface area contributed by atoms with Crippen LogP contribution in [0, 0.1) is 5.92 Å². The maximum Gasteiger partial charge on any atom is 0.228 e. The van der Waals surface area contributed by atoms with Crippen LogP contribution in [0.3, 0.4) is 0 Å². The zero-order valence-corrected chi connectivity index (χ0v) is 15.2. The van der Waals surface area contributed by atoms with Crippen LogP contribution in [0.15, 0.2) is 28.7 Å². The standard InChI is InChI=1S/C17H20BrN3O3/c1-12(22)19-6-8-20(9-7-19)17(24)13-10-16(23)21(11-13)15-5-3-2-4-14(15)18/h2-5,13H,6-11H2,1H3. The predicted octanol–water partition coefficient (Wildman–Crippen LogP) is 1.49. The Labute approximate surface area is 149 Å². The highest BCUT2D eigenvalue weighted by atomic mass is 79.9. The van der Waals surface area contributed by atoms with E-state index in [1.807, 2.05) is 24.3 Å². The molecule has 0 aromatic heterocycles. The van der Waals surface area contributed by atoms with Crippen molar-refractivity contribution in [2.24, 2.45) is 5.92 Å². The lowest BCUT2D eigenvalue weighted by Gasteiger charge is -2.35. The fourth-order valence-electron chi connectivity index (χ4n) is 3.28. The van der Waals surface area contributed by atoms with Gasteiger partial charge in [0.1, 0.15) is 0 Å². The lowest BCUT2D eigenvalue weighted by atomic mass is 10.1. The molecule has 0 N–H and O–H groups in total. The molecule has 1 unspecified atom stereocenters. The molecular formula is C17H20BrN3O3. The van der Waals surface area contributed by atoms with Crippen LogP contribution in [-0.4, -0.2) is 60.2 Å². The predicted molar refractivity (Wildman–Crippen MR) is 93.4 cm³/mol. The van der Waals surface area contributed by atoms with E-state index in [1.165, 1.54) is 0 Å². The summed E-state index contributed by atoms with van der Waals surface area (Å²) in [6.45, 7) is 4.16. The van der Waals surface area contributed by atoms with Crippen LogP contribution in [0.5, 0.6) is 0 Å². The SMILES string of the molecule is CC(=O)N1CCN(C(=O)C2CC(=O)N(c3ccccc3Br)C2)CC1. The van der Waals surface area contributed by atoms with E-state index in [4.69, 9.17) is 0 Å². The number of anilines is 1. The molecule has 2 saturated heterocycles. The second-order valence-corrected chi connectivity index (χ2v) is 7.04. The normalized spacial score (nSPS) is 21.3. The second-order valence-electron chi connectivity index (χ2n) is 6.19. The fraction of sp³-hybridized carbons (Fsp3) is 0.471. The molecular weight excluding hydrogens is 374 g/mol. The van der Waals surface area contributed by atoms with Crippen LogP contribution in [-0.2, 0) is 14.4 Å². The summed E-state index contributed by atoms with van der Waals surface area (Å²) in [5, 5.41) is 0. The molecule has 7 heteroatoms. The number of halogens is 1. The second kappa shape index (κ2) is 6.93. The minimum atomic E-state index is -0.312. The van der Waals surface area contributed by atoms with Gasteiger partial charge in [0.2, 0.25) is 17.7 Å². The van der Waals surface area contributed by atoms with Gasteiger partial charge in [-0.15, -0.1) is 0 Å². The Bertz CT molecular complexity index is 671. The van der Waals surface area contributed by atoms with Crippen molar-refractivity contribution in [3.63, 3.8) is 0 Å². The van der Waals surface area contributed by atoms with Gasteiger partial charge in [-0.05, 0) is 28.1 Å². The van der Waals surface area contributed by atoms with Gasteiger partial charge in [-0.25, -0.2) is 0 Å². The van der Waals surface area contributed by atoms with E-state index in [0.717, 1.165) is 10.2 Å². The van der Waals surface area contributed by atoms with Crippen molar-refractivity contribution in [2.45, 2.75) is 13.3 Å².